The number of nitrogens with zero attached hydrogens (tertiary/aromatic N) is 1. The van der Waals surface area contributed by atoms with E-state index in [9.17, 15) is 4.39 Å². The molecule has 1 aromatic carbocycles. The molecule has 0 aromatic heterocycles. The van der Waals surface area contributed by atoms with E-state index in [-0.39, 0.29) is 10.8 Å². The highest BCUT2D eigenvalue weighted by Crippen LogP contribution is 2.17. The van der Waals surface area contributed by atoms with Gasteiger partial charge in [-0.2, -0.15) is 0 Å². The number of hydrogen-bond donors (Lipinski definition) is 1. The van der Waals surface area contributed by atoms with Crippen LogP contribution in [0.4, 0.5) is 4.39 Å². The van der Waals surface area contributed by atoms with Gasteiger partial charge in [0.1, 0.15) is 5.82 Å². The van der Waals surface area contributed by atoms with Crippen molar-refractivity contribution in [2.75, 3.05) is 26.2 Å². The van der Waals surface area contributed by atoms with E-state index in [2.05, 4.69) is 10.2 Å². The van der Waals surface area contributed by atoms with Crippen molar-refractivity contribution in [1.29, 1.82) is 0 Å². The molecule has 0 radical (unpaired) electrons. The average Bonchev–Trinajstić information content (AvgIpc) is 2.40. The van der Waals surface area contributed by atoms with Gasteiger partial charge < -0.3 is 10.2 Å². The maximum Gasteiger partial charge on any atom is 0.146 e. The Balaban J connectivity index is 1.70. The van der Waals surface area contributed by atoms with Crippen LogP contribution in [-0.4, -0.2) is 31.1 Å². The Bertz CT molecular complexity index is 378. The molecule has 1 aromatic rings. The number of benzene rings is 1. The summed E-state index contributed by atoms with van der Waals surface area (Å²) < 4.78 is 13.6. The Morgan fingerprint density at radius 3 is 2.78 bits per heavy atom. The van der Waals surface area contributed by atoms with Gasteiger partial charge in [0.05, 0.1) is 5.02 Å². The molecule has 4 heteroatoms. The first kappa shape index (κ1) is 13.8. The fourth-order valence-corrected chi connectivity index (χ4v) is 2.52. The van der Waals surface area contributed by atoms with Crippen molar-refractivity contribution in [1.82, 2.24) is 10.2 Å². The SMILES string of the molecule is Fc1c(Cl)cccc1CNCCN1CCCCC1. The Kier molecular flexibility index (Phi) is 5.42. The lowest BCUT2D eigenvalue weighted by atomic mass is 10.1. The molecule has 0 aliphatic carbocycles. The zero-order valence-electron chi connectivity index (χ0n) is 10.6. The molecule has 1 aliphatic rings. The van der Waals surface area contributed by atoms with E-state index in [1.165, 1.54) is 32.4 Å². The van der Waals surface area contributed by atoms with E-state index in [4.69, 9.17) is 11.6 Å². The quantitative estimate of drug-likeness (QED) is 0.828. The van der Waals surface area contributed by atoms with Crippen LogP contribution in [-0.2, 0) is 6.54 Å². The predicted octanol–water partition coefficient (Wildman–Crippen LogP) is 3.05. The van der Waals surface area contributed by atoms with Crippen molar-refractivity contribution < 1.29 is 4.39 Å². The van der Waals surface area contributed by atoms with Crippen LogP contribution in [0, 0.1) is 5.82 Å². The number of piperidine rings is 1. The average molecular weight is 271 g/mol. The Hall–Kier alpha value is -0.640. The first-order valence-electron chi connectivity index (χ1n) is 6.63. The third kappa shape index (κ3) is 3.94. The monoisotopic (exact) mass is 270 g/mol. The summed E-state index contributed by atoms with van der Waals surface area (Å²) in [5.74, 6) is -0.301. The van der Waals surface area contributed by atoms with Gasteiger partial charge in [0.25, 0.3) is 0 Å². The van der Waals surface area contributed by atoms with Crippen molar-refractivity contribution in [3.8, 4) is 0 Å². The van der Waals surface area contributed by atoms with Crippen molar-refractivity contribution >= 4 is 11.6 Å². The molecule has 0 bridgehead atoms. The highest BCUT2D eigenvalue weighted by Gasteiger charge is 2.09. The van der Waals surface area contributed by atoms with Crippen LogP contribution in [0.15, 0.2) is 18.2 Å². The van der Waals surface area contributed by atoms with Gasteiger partial charge in [-0.15, -0.1) is 0 Å². The molecule has 1 heterocycles. The zero-order chi connectivity index (χ0) is 12.8. The second kappa shape index (κ2) is 7.07. The maximum atomic E-state index is 13.6. The van der Waals surface area contributed by atoms with E-state index in [1.54, 1.807) is 18.2 Å². The van der Waals surface area contributed by atoms with Crippen molar-refractivity contribution in [3.63, 3.8) is 0 Å². The molecular formula is C14H20ClFN2. The first-order valence-corrected chi connectivity index (χ1v) is 7.01. The molecule has 0 spiro atoms. The molecule has 0 atom stereocenters. The molecule has 1 fully saturated rings. The smallest absolute Gasteiger partial charge is 0.146 e. The van der Waals surface area contributed by atoms with E-state index in [0.29, 0.717) is 12.1 Å². The van der Waals surface area contributed by atoms with Gasteiger partial charge >= 0.3 is 0 Å². The summed E-state index contributed by atoms with van der Waals surface area (Å²) in [6.45, 7) is 4.88. The fourth-order valence-electron chi connectivity index (χ4n) is 2.33. The van der Waals surface area contributed by atoms with Crippen LogP contribution in [0.2, 0.25) is 5.02 Å². The van der Waals surface area contributed by atoms with E-state index in [1.807, 2.05) is 0 Å². The number of rotatable bonds is 5. The lowest BCUT2D eigenvalue weighted by Gasteiger charge is -2.26. The predicted molar refractivity (Wildman–Crippen MR) is 73.4 cm³/mol. The summed E-state index contributed by atoms with van der Waals surface area (Å²) >= 11 is 5.74. The number of nitrogens with one attached hydrogen (secondary N) is 1. The number of halogens is 2. The molecule has 100 valence electrons. The van der Waals surface area contributed by atoms with Crippen LogP contribution in [0.1, 0.15) is 24.8 Å². The van der Waals surface area contributed by atoms with Gasteiger partial charge in [0, 0.05) is 25.2 Å². The molecule has 0 unspecified atom stereocenters. The minimum absolute atomic E-state index is 0.199. The van der Waals surface area contributed by atoms with E-state index >= 15 is 0 Å². The summed E-state index contributed by atoms with van der Waals surface area (Å²) in [7, 11) is 0. The van der Waals surface area contributed by atoms with Crippen LogP contribution in [0.5, 0.6) is 0 Å². The van der Waals surface area contributed by atoms with Gasteiger partial charge in [-0.05, 0) is 32.0 Å². The Labute approximate surface area is 113 Å². The lowest BCUT2D eigenvalue weighted by molar-refractivity contribution is 0.229. The van der Waals surface area contributed by atoms with Gasteiger partial charge in [-0.3, -0.25) is 0 Å². The third-order valence-electron chi connectivity index (χ3n) is 3.40. The molecule has 18 heavy (non-hydrogen) atoms. The molecule has 2 nitrogen and oxygen atoms in total. The molecule has 1 N–H and O–H groups in total. The summed E-state index contributed by atoms with van der Waals surface area (Å²) in [6.07, 6.45) is 3.98. The molecule has 2 rings (SSSR count). The third-order valence-corrected chi connectivity index (χ3v) is 3.69. The molecule has 0 amide bonds. The van der Waals surface area contributed by atoms with Crippen LogP contribution >= 0.6 is 11.6 Å². The second-order valence-electron chi connectivity index (χ2n) is 4.79. The first-order chi connectivity index (χ1) is 8.77. The zero-order valence-corrected chi connectivity index (χ0v) is 11.3. The Morgan fingerprint density at radius 2 is 2.00 bits per heavy atom. The molecule has 1 saturated heterocycles. The highest BCUT2D eigenvalue weighted by molar-refractivity contribution is 6.30. The second-order valence-corrected chi connectivity index (χ2v) is 5.20. The molecular weight excluding hydrogens is 251 g/mol. The van der Waals surface area contributed by atoms with Crippen LogP contribution in [0.25, 0.3) is 0 Å². The summed E-state index contributed by atoms with van der Waals surface area (Å²) in [5, 5.41) is 3.48. The maximum absolute atomic E-state index is 13.6. The number of hydrogen-bond acceptors (Lipinski definition) is 2. The summed E-state index contributed by atoms with van der Waals surface area (Å²) in [4.78, 5) is 2.46. The fraction of sp³-hybridized carbons (Fsp3) is 0.571. The van der Waals surface area contributed by atoms with Gasteiger partial charge in [-0.1, -0.05) is 30.2 Å². The van der Waals surface area contributed by atoms with Gasteiger partial charge in [0.2, 0.25) is 0 Å². The van der Waals surface area contributed by atoms with E-state index in [0.717, 1.165) is 13.1 Å². The van der Waals surface area contributed by atoms with Crippen molar-refractivity contribution in [3.05, 3.63) is 34.6 Å². The van der Waals surface area contributed by atoms with Crippen molar-refractivity contribution in [2.24, 2.45) is 0 Å². The van der Waals surface area contributed by atoms with Gasteiger partial charge in [-0.25, -0.2) is 4.39 Å². The standard InChI is InChI=1S/C14H20ClFN2/c15-13-6-4-5-12(14(13)16)11-17-7-10-18-8-2-1-3-9-18/h4-6,17H,1-3,7-11H2. The Morgan fingerprint density at radius 1 is 1.22 bits per heavy atom. The van der Waals surface area contributed by atoms with Crippen molar-refractivity contribution in [2.45, 2.75) is 25.8 Å². The van der Waals surface area contributed by atoms with E-state index < -0.39 is 0 Å². The van der Waals surface area contributed by atoms with Gasteiger partial charge in [0.15, 0.2) is 0 Å². The van der Waals surface area contributed by atoms with Crippen LogP contribution < -0.4 is 5.32 Å². The number of likely N-dealkylation sites (tertiary alicyclic amines) is 1. The summed E-state index contributed by atoms with van der Waals surface area (Å²) in [5.41, 5.74) is 0.640. The minimum Gasteiger partial charge on any atom is -0.311 e. The normalized spacial score (nSPS) is 17.0. The molecule has 1 aliphatic heterocycles. The highest BCUT2D eigenvalue weighted by atomic mass is 35.5. The largest absolute Gasteiger partial charge is 0.311 e. The van der Waals surface area contributed by atoms with Crippen LogP contribution in [0.3, 0.4) is 0 Å². The topological polar surface area (TPSA) is 15.3 Å². The minimum atomic E-state index is -0.301. The molecule has 0 saturated carbocycles. The lowest BCUT2D eigenvalue weighted by Crippen LogP contribution is -2.35. The summed E-state index contributed by atoms with van der Waals surface area (Å²) in [6, 6.07) is 5.14.